The topological polar surface area (TPSA) is 29.5 Å². The molecular formula is C15H14Cl2O2. The van der Waals surface area contributed by atoms with Crippen LogP contribution in [0, 0.1) is 6.92 Å². The second-order valence-electron chi connectivity index (χ2n) is 4.31. The minimum Gasteiger partial charge on any atom is -0.496 e. The van der Waals surface area contributed by atoms with Gasteiger partial charge in [0.15, 0.2) is 0 Å². The fourth-order valence-electron chi connectivity index (χ4n) is 1.94. The number of methoxy groups -OCH3 is 1. The quantitative estimate of drug-likeness (QED) is 0.910. The summed E-state index contributed by atoms with van der Waals surface area (Å²) < 4.78 is 5.24. The Hall–Kier alpha value is -1.22. The van der Waals surface area contributed by atoms with Crippen LogP contribution in [0.15, 0.2) is 36.4 Å². The highest BCUT2D eigenvalue weighted by Gasteiger charge is 2.18. The molecule has 1 unspecified atom stereocenters. The fraction of sp³-hybridized carbons (Fsp3) is 0.200. The van der Waals surface area contributed by atoms with Crippen LogP contribution in [-0.2, 0) is 0 Å². The van der Waals surface area contributed by atoms with Crippen molar-refractivity contribution in [1.82, 2.24) is 0 Å². The molecule has 0 saturated carbocycles. The predicted octanol–water partition coefficient (Wildman–Crippen LogP) is 4.39. The maximum absolute atomic E-state index is 10.5. The Morgan fingerprint density at radius 1 is 1.05 bits per heavy atom. The van der Waals surface area contributed by atoms with Gasteiger partial charge in [-0.05, 0) is 36.8 Å². The third kappa shape index (κ3) is 3.03. The number of aliphatic hydroxyl groups is 1. The van der Waals surface area contributed by atoms with Crippen molar-refractivity contribution in [3.05, 3.63) is 63.1 Å². The van der Waals surface area contributed by atoms with Crippen molar-refractivity contribution in [2.24, 2.45) is 0 Å². The van der Waals surface area contributed by atoms with Crippen LogP contribution in [0.25, 0.3) is 0 Å². The number of hydrogen-bond acceptors (Lipinski definition) is 2. The van der Waals surface area contributed by atoms with Crippen molar-refractivity contribution in [1.29, 1.82) is 0 Å². The van der Waals surface area contributed by atoms with Crippen LogP contribution in [-0.4, -0.2) is 12.2 Å². The van der Waals surface area contributed by atoms with Crippen molar-refractivity contribution in [3.63, 3.8) is 0 Å². The Morgan fingerprint density at radius 3 is 2.42 bits per heavy atom. The van der Waals surface area contributed by atoms with Crippen LogP contribution in [0.4, 0.5) is 0 Å². The van der Waals surface area contributed by atoms with E-state index < -0.39 is 6.10 Å². The standard InChI is InChI=1S/C15H14Cl2O2/c1-9-3-5-11(13(17)7-9)15(18)12-8-10(16)4-6-14(12)19-2/h3-8,15,18H,1-2H3. The van der Waals surface area contributed by atoms with Crippen LogP contribution in [0.1, 0.15) is 22.8 Å². The first kappa shape index (κ1) is 14.2. The van der Waals surface area contributed by atoms with Crippen LogP contribution in [0.2, 0.25) is 10.0 Å². The molecule has 0 fully saturated rings. The van der Waals surface area contributed by atoms with Gasteiger partial charge in [0.25, 0.3) is 0 Å². The van der Waals surface area contributed by atoms with E-state index in [4.69, 9.17) is 27.9 Å². The monoisotopic (exact) mass is 296 g/mol. The number of benzene rings is 2. The van der Waals surface area contributed by atoms with E-state index in [0.717, 1.165) is 5.56 Å². The van der Waals surface area contributed by atoms with Crippen molar-refractivity contribution < 1.29 is 9.84 Å². The van der Waals surface area contributed by atoms with Gasteiger partial charge in [-0.2, -0.15) is 0 Å². The zero-order valence-corrected chi connectivity index (χ0v) is 12.2. The third-order valence-corrected chi connectivity index (χ3v) is 3.50. The fourth-order valence-corrected chi connectivity index (χ4v) is 2.46. The summed E-state index contributed by atoms with van der Waals surface area (Å²) in [6.07, 6.45) is -0.873. The van der Waals surface area contributed by atoms with E-state index in [1.54, 1.807) is 25.3 Å². The molecule has 2 aromatic rings. The number of aliphatic hydroxyl groups excluding tert-OH is 1. The smallest absolute Gasteiger partial charge is 0.125 e. The zero-order chi connectivity index (χ0) is 14.0. The molecule has 0 radical (unpaired) electrons. The second-order valence-corrected chi connectivity index (χ2v) is 5.16. The summed E-state index contributed by atoms with van der Waals surface area (Å²) >= 11 is 12.1. The molecule has 0 aliphatic rings. The van der Waals surface area contributed by atoms with Gasteiger partial charge in [0.1, 0.15) is 11.9 Å². The predicted molar refractivity (Wildman–Crippen MR) is 78.3 cm³/mol. The Bertz CT molecular complexity index is 597. The number of aryl methyl sites for hydroxylation is 1. The van der Waals surface area contributed by atoms with E-state index in [0.29, 0.717) is 26.9 Å². The Morgan fingerprint density at radius 2 is 1.79 bits per heavy atom. The molecule has 0 saturated heterocycles. The Labute approximate surface area is 122 Å². The molecule has 0 amide bonds. The lowest BCUT2D eigenvalue weighted by molar-refractivity contribution is 0.215. The molecule has 2 rings (SSSR count). The summed E-state index contributed by atoms with van der Waals surface area (Å²) in [4.78, 5) is 0. The molecule has 0 aromatic heterocycles. The summed E-state index contributed by atoms with van der Waals surface area (Å²) in [5.41, 5.74) is 2.27. The van der Waals surface area contributed by atoms with Crippen LogP contribution in [0.5, 0.6) is 5.75 Å². The number of hydrogen-bond donors (Lipinski definition) is 1. The lowest BCUT2D eigenvalue weighted by Gasteiger charge is -2.17. The first-order chi connectivity index (χ1) is 9.02. The molecular weight excluding hydrogens is 283 g/mol. The van der Waals surface area contributed by atoms with Gasteiger partial charge in [-0.15, -0.1) is 0 Å². The highest BCUT2D eigenvalue weighted by atomic mass is 35.5. The van der Waals surface area contributed by atoms with Gasteiger partial charge in [-0.25, -0.2) is 0 Å². The molecule has 1 atom stereocenters. The number of ether oxygens (including phenoxy) is 1. The van der Waals surface area contributed by atoms with E-state index in [2.05, 4.69) is 0 Å². The van der Waals surface area contributed by atoms with E-state index in [9.17, 15) is 5.11 Å². The Balaban J connectivity index is 2.49. The highest BCUT2D eigenvalue weighted by Crippen LogP contribution is 2.35. The van der Waals surface area contributed by atoms with Crippen molar-refractivity contribution >= 4 is 23.2 Å². The van der Waals surface area contributed by atoms with E-state index in [-0.39, 0.29) is 0 Å². The average molecular weight is 297 g/mol. The molecule has 100 valence electrons. The molecule has 2 aromatic carbocycles. The summed E-state index contributed by atoms with van der Waals surface area (Å²) in [5.74, 6) is 0.577. The lowest BCUT2D eigenvalue weighted by atomic mass is 9.99. The van der Waals surface area contributed by atoms with Gasteiger partial charge in [0.2, 0.25) is 0 Å². The summed E-state index contributed by atoms with van der Waals surface area (Å²) in [5, 5.41) is 11.5. The highest BCUT2D eigenvalue weighted by molar-refractivity contribution is 6.31. The van der Waals surface area contributed by atoms with E-state index in [1.807, 2.05) is 25.1 Å². The van der Waals surface area contributed by atoms with Gasteiger partial charge in [-0.1, -0.05) is 35.3 Å². The van der Waals surface area contributed by atoms with Gasteiger partial charge in [0.05, 0.1) is 7.11 Å². The van der Waals surface area contributed by atoms with E-state index >= 15 is 0 Å². The van der Waals surface area contributed by atoms with Crippen molar-refractivity contribution in [2.75, 3.05) is 7.11 Å². The minimum absolute atomic E-state index is 0.523. The molecule has 4 heteroatoms. The molecule has 0 bridgehead atoms. The maximum atomic E-state index is 10.5. The largest absolute Gasteiger partial charge is 0.496 e. The van der Waals surface area contributed by atoms with Crippen LogP contribution < -0.4 is 4.74 Å². The van der Waals surface area contributed by atoms with Crippen molar-refractivity contribution in [2.45, 2.75) is 13.0 Å². The van der Waals surface area contributed by atoms with Gasteiger partial charge < -0.3 is 9.84 Å². The number of halogens is 2. The van der Waals surface area contributed by atoms with Crippen molar-refractivity contribution in [3.8, 4) is 5.75 Å². The molecule has 0 spiro atoms. The normalized spacial score (nSPS) is 12.3. The third-order valence-electron chi connectivity index (χ3n) is 2.94. The maximum Gasteiger partial charge on any atom is 0.125 e. The molecule has 19 heavy (non-hydrogen) atoms. The molecule has 2 nitrogen and oxygen atoms in total. The molecule has 0 aliphatic carbocycles. The second kappa shape index (κ2) is 5.83. The van der Waals surface area contributed by atoms with Gasteiger partial charge in [0, 0.05) is 21.2 Å². The first-order valence-electron chi connectivity index (χ1n) is 5.80. The molecule has 0 aliphatic heterocycles. The minimum atomic E-state index is -0.873. The summed E-state index contributed by atoms with van der Waals surface area (Å²) in [7, 11) is 1.55. The first-order valence-corrected chi connectivity index (χ1v) is 6.56. The summed E-state index contributed by atoms with van der Waals surface area (Å²) in [6.45, 7) is 1.95. The lowest BCUT2D eigenvalue weighted by Crippen LogP contribution is -2.03. The van der Waals surface area contributed by atoms with Crippen LogP contribution in [0.3, 0.4) is 0 Å². The average Bonchev–Trinajstić information content (AvgIpc) is 2.38. The number of rotatable bonds is 3. The van der Waals surface area contributed by atoms with Gasteiger partial charge >= 0.3 is 0 Å². The molecule has 1 N–H and O–H groups in total. The molecule has 0 heterocycles. The van der Waals surface area contributed by atoms with E-state index in [1.165, 1.54) is 0 Å². The van der Waals surface area contributed by atoms with Crippen LogP contribution >= 0.6 is 23.2 Å². The summed E-state index contributed by atoms with van der Waals surface area (Å²) in [6, 6.07) is 10.7. The SMILES string of the molecule is COc1ccc(Cl)cc1C(O)c1ccc(C)cc1Cl. The van der Waals surface area contributed by atoms with Gasteiger partial charge in [-0.3, -0.25) is 0 Å². The Kier molecular flexibility index (Phi) is 4.35. The zero-order valence-electron chi connectivity index (χ0n) is 10.7.